The minimum absolute atomic E-state index is 0.191. The molecule has 0 aromatic heterocycles. The monoisotopic (exact) mass is 209 g/mol. The van der Waals surface area contributed by atoms with Crippen molar-refractivity contribution >= 4 is 18.5 Å². The lowest BCUT2D eigenvalue weighted by atomic mass is 10.3. The normalized spacial score (nSPS) is 11.2. The topological polar surface area (TPSA) is 70.6 Å². The Hall–Kier alpha value is -1.91. The predicted molar refractivity (Wildman–Crippen MR) is 59.3 cm³/mol. The first-order valence-electron chi connectivity index (χ1n) is 4.43. The summed E-state index contributed by atoms with van der Waals surface area (Å²) in [5, 5.41) is 4.92. The Balaban J connectivity index is 4.20. The third kappa shape index (κ3) is 6.20. The standard InChI is InChI=1S/C10H15N3O2/c1-4-8(5-6-11-2)13-10(15)7-9(14)12-3/h4-6H,2,7H2,1,3H3,(H,12,14)(H,13,15)/b6-5-,8-4+. The van der Waals surface area contributed by atoms with E-state index in [1.54, 1.807) is 19.1 Å². The lowest BCUT2D eigenvalue weighted by molar-refractivity contribution is -0.128. The summed E-state index contributed by atoms with van der Waals surface area (Å²) in [7, 11) is 1.48. The van der Waals surface area contributed by atoms with Gasteiger partial charge in [-0.1, -0.05) is 6.08 Å². The molecule has 0 saturated heterocycles. The highest BCUT2D eigenvalue weighted by molar-refractivity contribution is 5.97. The van der Waals surface area contributed by atoms with Gasteiger partial charge in [-0.15, -0.1) is 0 Å². The summed E-state index contributed by atoms with van der Waals surface area (Å²) in [4.78, 5) is 25.6. The van der Waals surface area contributed by atoms with Crippen molar-refractivity contribution in [3.05, 3.63) is 24.0 Å². The minimum atomic E-state index is -0.365. The molecule has 2 N–H and O–H groups in total. The second kappa shape index (κ2) is 7.49. The molecule has 0 radical (unpaired) electrons. The van der Waals surface area contributed by atoms with Gasteiger partial charge in [-0.05, 0) is 19.7 Å². The van der Waals surface area contributed by atoms with E-state index in [-0.39, 0.29) is 18.2 Å². The molecule has 0 saturated carbocycles. The van der Waals surface area contributed by atoms with Crippen LogP contribution in [0.2, 0.25) is 0 Å². The van der Waals surface area contributed by atoms with Crippen LogP contribution in [-0.2, 0) is 9.59 Å². The highest BCUT2D eigenvalue weighted by Gasteiger charge is 2.07. The number of nitrogens with one attached hydrogen (secondary N) is 2. The van der Waals surface area contributed by atoms with Gasteiger partial charge in [0, 0.05) is 18.9 Å². The molecule has 0 unspecified atom stereocenters. The van der Waals surface area contributed by atoms with Crippen LogP contribution in [0, 0.1) is 0 Å². The third-order valence-corrected chi connectivity index (χ3v) is 1.55. The summed E-state index contributed by atoms with van der Waals surface area (Å²) >= 11 is 0. The number of allylic oxidation sites excluding steroid dienone is 2. The van der Waals surface area contributed by atoms with Crippen molar-refractivity contribution in [3.63, 3.8) is 0 Å². The van der Waals surface area contributed by atoms with Gasteiger partial charge in [0.05, 0.1) is 0 Å². The van der Waals surface area contributed by atoms with Gasteiger partial charge < -0.3 is 10.6 Å². The van der Waals surface area contributed by atoms with Gasteiger partial charge in [0.2, 0.25) is 11.8 Å². The number of nitrogens with zero attached hydrogens (tertiary/aromatic N) is 1. The summed E-state index contributed by atoms with van der Waals surface area (Å²) in [5.41, 5.74) is 0.580. The quantitative estimate of drug-likeness (QED) is 0.390. The Labute approximate surface area is 89.0 Å². The first kappa shape index (κ1) is 13.1. The number of hydrogen-bond donors (Lipinski definition) is 2. The van der Waals surface area contributed by atoms with Gasteiger partial charge in [0.1, 0.15) is 6.42 Å². The Morgan fingerprint density at radius 2 is 2.07 bits per heavy atom. The molecule has 0 aliphatic rings. The maximum atomic E-state index is 11.3. The van der Waals surface area contributed by atoms with Crippen LogP contribution < -0.4 is 10.6 Å². The zero-order chi connectivity index (χ0) is 11.7. The lowest BCUT2D eigenvalue weighted by Gasteiger charge is -2.04. The first-order valence-corrected chi connectivity index (χ1v) is 4.43. The number of hydrogen-bond acceptors (Lipinski definition) is 3. The maximum absolute atomic E-state index is 11.3. The number of rotatable bonds is 5. The zero-order valence-electron chi connectivity index (χ0n) is 8.91. The van der Waals surface area contributed by atoms with Gasteiger partial charge in [0.15, 0.2) is 0 Å². The maximum Gasteiger partial charge on any atom is 0.233 e. The Bertz CT molecular complexity index is 306. The van der Waals surface area contributed by atoms with E-state index >= 15 is 0 Å². The summed E-state index contributed by atoms with van der Waals surface area (Å²) in [6.45, 7) is 5.03. The Kier molecular flexibility index (Phi) is 6.54. The van der Waals surface area contributed by atoms with Crippen LogP contribution in [-0.4, -0.2) is 25.6 Å². The number of carbonyl (C=O) groups excluding carboxylic acids is 2. The summed E-state index contributed by atoms with van der Waals surface area (Å²) in [5.74, 6) is -0.690. The van der Waals surface area contributed by atoms with Crippen LogP contribution >= 0.6 is 0 Å². The molecule has 0 aliphatic heterocycles. The smallest absolute Gasteiger partial charge is 0.233 e. The predicted octanol–water partition coefficient (Wildman–Crippen LogP) is 0.357. The van der Waals surface area contributed by atoms with Crippen molar-refractivity contribution < 1.29 is 9.59 Å². The van der Waals surface area contributed by atoms with Crippen molar-refractivity contribution in [3.8, 4) is 0 Å². The number of amides is 2. The first-order chi connectivity index (χ1) is 7.13. The van der Waals surface area contributed by atoms with Gasteiger partial charge in [-0.3, -0.25) is 14.6 Å². The summed E-state index contributed by atoms with van der Waals surface area (Å²) in [6, 6.07) is 0. The van der Waals surface area contributed by atoms with Crippen molar-refractivity contribution in [2.24, 2.45) is 4.99 Å². The minimum Gasteiger partial charge on any atom is -0.359 e. The average molecular weight is 209 g/mol. The lowest BCUT2D eigenvalue weighted by Crippen LogP contribution is -2.29. The van der Waals surface area contributed by atoms with Gasteiger partial charge in [-0.25, -0.2) is 0 Å². The van der Waals surface area contributed by atoms with E-state index in [1.807, 2.05) is 0 Å². The summed E-state index contributed by atoms with van der Waals surface area (Å²) < 4.78 is 0. The van der Waals surface area contributed by atoms with E-state index in [9.17, 15) is 9.59 Å². The Morgan fingerprint density at radius 3 is 2.53 bits per heavy atom. The molecule has 5 nitrogen and oxygen atoms in total. The molecule has 2 amide bonds. The molecular formula is C10H15N3O2. The third-order valence-electron chi connectivity index (χ3n) is 1.55. The second-order valence-electron chi connectivity index (χ2n) is 2.64. The van der Waals surface area contributed by atoms with Crippen LogP contribution in [0.4, 0.5) is 0 Å². The van der Waals surface area contributed by atoms with Gasteiger partial charge in [-0.2, -0.15) is 0 Å². The van der Waals surface area contributed by atoms with E-state index in [4.69, 9.17) is 0 Å². The van der Waals surface area contributed by atoms with E-state index in [1.165, 1.54) is 13.2 Å². The second-order valence-corrected chi connectivity index (χ2v) is 2.64. The van der Waals surface area contributed by atoms with Crippen LogP contribution in [0.3, 0.4) is 0 Å². The molecule has 0 bridgehead atoms. The van der Waals surface area contributed by atoms with Crippen LogP contribution in [0.25, 0.3) is 0 Å². The van der Waals surface area contributed by atoms with Crippen LogP contribution in [0.15, 0.2) is 29.0 Å². The fourth-order valence-electron chi connectivity index (χ4n) is 0.782. The largest absolute Gasteiger partial charge is 0.359 e. The molecular weight excluding hydrogens is 194 g/mol. The molecule has 0 spiro atoms. The van der Waals surface area contributed by atoms with Gasteiger partial charge >= 0.3 is 0 Å². The molecule has 15 heavy (non-hydrogen) atoms. The Morgan fingerprint density at radius 1 is 1.40 bits per heavy atom. The van der Waals surface area contributed by atoms with E-state index in [0.717, 1.165) is 0 Å². The zero-order valence-corrected chi connectivity index (χ0v) is 8.91. The van der Waals surface area contributed by atoms with E-state index in [2.05, 4.69) is 22.3 Å². The fourth-order valence-corrected chi connectivity index (χ4v) is 0.782. The molecule has 0 aromatic carbocycles. The van der Waals surface area contributed by atoms with Crippen LogP contribution in [0.5, 0.6) is 0 Å². The highest BCUT2D eigenvalue weighted by atomic mass is 16.2. The van der Waals surface area contributed by atoms with Gasteiger partial charge in [0.25, 0.3) is 0 Å². The van der Waals surface area contributed by atoms with Crippen molar-refractivity contribution in [1.29, 1.82) is 0 Å². The molecule has 0 rings (SSSR count). The van der Waals surface area contributed by atoms with Crippen molar-refractivity contribution in [2.75, 3.05) is 7.05 Å². The molecule has 0 heterocycles. The number of carbonyl (C=O) groups is 2. The molecule has 0 aromatic rings. The highest BCUT2D eigenvalue weighted by Crippen LogP contribution is 1.93. The van der Waals surface area contributed by atoms with E-state index in [0.29, 0.717) is 5.70 Å². The molecule has 82 valence electrons. The van der Waals surface area contributed by atoms with Crippen LogP contribution in [0.1, 0.15) is 13.3 Å². The molecule has 0 fully saturated rings. The van der Waals surface area contributed by atoms with Crippen molar-refractivity contribution in [1.82, 2.24) is 10.6 Å². The fraction of sp³-hybridized carbons (Fsp3) is 0.300. The molecule has 0 atom stereocenters. The SMILES string of the molecule is C=N/C=C\C(=C/C)NC(=O)CC(=O)NC. The molecule has 0 aliphatic carbocycles. The molecule has 5 heteroatoms. The van der Waals surface area contributed by atoms with Crippen molar-refractivity contribution in [2.45, 2.75) is 13.3 Å². The summed E-state index contributed by atoms with van der Waals surface area (Å²) in [6.07, 6.45) is 4.55. The number of aliphatic imine (C=N–C) groups is 1. The van der Waals surface area contributed by atoms with E-state index < -0.39 is 0 Å². The average Bonchev–Trinajstić information content (AvgIpc) is 2.23.